The van der Waals surface area contributed by atoms with Crippen LogP contribution in [0.3, 0.4) is 0 Å². The topological polar surface area (TPSA) is 37.0 Å². The minimum Gasteiger partial charge on any atom is -0.379 e. The van der Waals surface area contributed by atoms with E-state index in [9.17, 15) is 0 Å². The Morgan fingerprint density at radius 1 is 1.33 bits per heavy atom. The molecule has 0 aromatic carbocycles. The molecule has 1 aliphatic heterocycles. The Morgan fingerprint density at radius 2 is 2.07 bits per heavy atom. The molecule has 0 amide bonds. The normalized spacial score (nSPS) is 21.3. The Balaban J connectivity index is 2.09. The zero-order valence-electron chi connectivity index (χ0n) is 8.26. The molecule has 2 heterocycles. The van der Waals surface area contributed by atoms with Gasteiger partial charge in [0.2, 0.25) is 0 Å². The number of nitrogens with zero attached hydrogens (tertiary/aromatic N) is 1. The fourth-order valence-electron chi connectivity index (χ4n) is 1.73. The summed E-state index contributed by atoms with van der Waals surface area (Å²) in [5.41, 5.74) is 0.794. The maximum Gasteiger partial charge on any atom is 0.0836 e. The van der Waals surface area contributed by atoms with Crippen LogP contribution in [-0.4, -0.2) is 24.1 Å². The molecule has 1 aromatic rings. The lowest BCUT2D eigenvalue weighted by atomic mass is 10.1. The summed E-state index contributed by atoms with van der Waals surface area (Å²) in [6.45, 7) is 2.05. The van der Waals surface area contributed by atoms with Crippen LogP contribution in [0, 0.1) is 0 Å². The Labute approximate surface area is 99.2 Å². The molecule has 1 unspecified atom stereocenters. The van der Waals surface area contributed by atoms with Crippen LogP contribution in [-0.2, 0) is 0 Å². The molecular weight excluding hydrogens is 233 g/mol. The fraction of sp³-hybridized carbons (Fsp3) is 0.500. The van der Waals surface area contributed by atoms with Crippen LogP contribution < -0.4 is 10.6 Å². The van der Waals surface area contributed by atoms with Crippen LogP contribution in [0.25, 0.3) is 0 Å². The second-order valence-electron chi connectivity index (χ2n) is 3.67. The van der Waals surface area contributed by atoms with Crippen LogP contribution in [0.1, 0.15) is 12.8 Å². The van der Waals surface area contributed by atoms with Gasteiger partial charge in [-0.05, 0) is 19.4 Å². The third-order valence-electron chi connectivity index (χ3n) is 2.50. The smallest absolute Gasteiger partial charge is 0.0836 e. The van der Waals surface area contributed by atoms with Gasteiger partial charge in [-0.1, -0.05) is 23.2 Å². The zero-order chi connectivity index (χ0) is 10.7. The van der Waals surface area contributed by atoms with Crippen molar-refractivity contribution in [1.82, 2.24) is 10.3 Å². The Morgan fingerprint density at radius 3 is 2.67 bits per heavy atom. The number of anilines is 1. The van der Waals surface area contributed by atoms with Crippen molar-refractivity contribution in [2.45, 2.75) is 18.9 Å². The highest BCUT2D eigenvalue weighted by Crippen LogP contribution is 2.29. The average molecular weight is 246 g/mol. The van der Waals surface area contributed by atoms with E-state index in [1.165, 1.54) is 6.42 Å². The monoisotopic (exact) mass is 245 g/mol. The number of hydrogen-bond acceptors (Lipinski definition) is 3. The summed E-state index contributed by atoms with van der Waals surface area (Å²) in [5, 5.41) is 7.83. The van der Waals surface area contributed by atoms with Gasteiger partial charge in [-0.3, -0.25) is 4.98 Å². The van der Waals surface area contributed by atoms with Crippen molar-refractivity contribution in [1.29, 1.82) is 0 Å². The Bertz CT molecular complexity index is 317. The molecule has 1 aliphatic rings. The molecule has 1 fully saturated rings. The molecule has 0 radical (unpaired) electrons. The maximum atomic E-state index is 6.02. The van der Waals surface area contributed by atoms with Gasteiger partial charge >= 0.3 is 0 Å². The van der Waals surface area contributed by atoms with Crippen LogP contribution in [0.4, 0.5) is 5.69 Å². The quantitative estimate of drug-likeness (QED) is 0.842. The lowest BCUT2D eigenvalue weighted by molar-refractivity contribution is 0.480. The highest BCUT2D eigenvalue weighted by Gasteiger charge is 2.15. The number of pyridine rings is 1. The lowest BCUT2D eigenvalue weighted by Gasteiger charge is -2.25. The molecule has 0 aliphatic carbocycles. The van der Waals surface area contributed by atoms with E-state index in [4.69, 9.17) is 23.2 Å². The predicted molar refractivity (Wildman–Crippen MR) is 63.8 cm³/mol. The molecule has 5 heteroatoms. The summed E-state index contributed by atoms with van der Waals surface area (Å²) in [4.78, 5) is 3.92. The third kappa shape index (κ3) is 2.74. The summed E-state index contributed by atoms with van der Waals surface area (Å²) < 4.78 is 0. The lowest BCUT2D eigenvalue weighted by Crippen LogP contribution is -2.38. The number of piperidine rings is 1. The van der Waals surface area contributed by atoms with Gasteiger partial charge in [-0.2, -0.15) is 0 Å². The van der Waals surface area contributed by atoms with E-state index in [2.05, 4.69) is 15.6 Å². The maximum absolute atomic E-state index is 6.02. The minimum absolute atomic E-state index is 0.399. The number of aromatic nitrogens is 1. The van der Waals surface area contributed by atoms with Gasteiger partial charge in [0.15, 0.2) is 0 Å². The van der Waals surface area contributed by atoms with E-state index < -0.39 is 0 Å². The highest BCUT2D eigenvalue weighted by molar-refractivity contribution is 6.38. The molecule has 2 N–H and O–H groups in total. The molecular formula is C10H13Cl2N3. The van der Waals surface area contributed by atoms with Crippen LogP contribution in [0.5, 0.6) is 0 Å². The summed E-state index contributed by atoms with van der Waals surface area (Å²) in [5.74, 6) is 0. The minimum atomic E-state index is 0.399. The van der Waals surface area contributed by atoms with Gasteiger partial charge in [-0.25, -0.2) is 0 Å². The first kappa shape index (κ1) is 11.0. The Kier molecular flexibility index (Phi) is 3.67. The van der Waals surface area contributed by atoms with Crippen molar-refractivity contribution < 1.29 is 0 Å². The summed E-state index contributed by atoms with van der Waals surface area (Å²) in [6.07, 6.45) is 5.53. The van der Waals surface area contributed by atoms with Crippen molar-refractivity contribution in [3.8, 4) is 0 Å². The molecule has 3 nitrogen and oxygen atoms in total. The van der Waals surface area contributed by atoms with Gasteiger partial charge in [0.1, 0.15) is 0 Å². The summed E-state index contributed by atoms with van der Waals surface area (Å²) >= 11 is 12.0. The first-order chi connectivity index (χ1) is 7.27. The third-order valence-corrected chi connectivity index (χ3v) is 3.07. The van der Waals surface area contributed by atoms with E-state index in [1.54, 1.807) is 12.4 Å². The van der Waals surface area contributed by atoms with Crippen LogP contribution in [0.15, 0.2) is 12.4 Å². The first-order valence-corrected chi connectivity index (χ1v) is 5.79. The molecule has 0 bridgehead atoms. The largest absolute Gasteiger partial charge is 0.379 e. The summed E-state index contributed by atoms with van der Waals surface area (Å²) in [7, 11) is 0. The van der Waals surface area contributed by atoms with Crippen LogP contribution in [0.2, 0.25) is 10.0 Å². The zero-order valence-corrected chi connectivity index (χ0v) is 9.78. The van der Waals surface area contributed by atoms with Gasteiger partial charge in [0, 0.05) is 25.0 Å². The van der Waals surface area contributed by atoms with Gasteiger partial charge in [0.25, 0.3) is 0 Å². The molecule has 1 atom stereocenters. The second kappa shape index (κ2) is 5.01. The van der Waals surface area contributed by atoms with Gasteiger partial charge < -0.3 is 10.6 Å². The van der Waals surface area contributed by atoms with Crippen molar-refractivity contribution in [2.24, 2.45) is 0 Å². The molecule has 0 spiro atoms. The number of hydrogen-bond donors (Lipinski definition) is 2. The van der Waals surface area contributed by atoms with Gasteiger partial charge in [-0.15, -0.1) is 0 Å². The highest BCUT2D eigenvalue weighted by atomic mass is 35.5. The standard InChI is InChI=1S/C10H13Cl2N3/c11-8-5-14-6-9(12)10(8)15-7-2-1-3-13-4-7/h5-7,13H,1-4H2,(H,14,15). The fourth-order valence-corrected chi connectivity index (χ4v) is 2.20. The molecule has 0 saturated carbocycles. The van der Waals surface area contributed by atoms with E-state index in [1.807, 2.05) is 0 Å². The first-order valence-electron chi connectivity index (χ1n) is 5.03. The van der Waals surface area contributed by atoms with Crippen molar-refractivity contribution in [3.63, 3.8) is 0 Å². The molecule has 15 heavy (non-hydrogen) atoms. The number of nitrogens with one attached hydrogen (secondary N) is 2. The van der Waals surface area contributed by atoms with Crippen LogP contribution >= 0.6 is 23.2 Å². The average Bonchev–Trinajstić information content (AvgIpc) is 2.25. The number of rotatable bonds is 2. The van der Waals surface area contributed by atoms with E-state index in [0.29, 0.717) is 16.1 Å². The van der Waals surface area contributed by atoms with E-state index in [0.717, 1.165) is 25.2 Å². The molecule has 1 aromatic heterocycles. The van der Waals surface area contributed by atoms with Crippen molar-refractivity contribution in [2.75, 3.05) is 18.4 Å². The predicted octanol–water partition coefficient (Wildman–Crippen LogP) is 2.55. The SMILES string of the molecule is Clc1cncc(Cl)c1NC1CCCNC1. The van der Waals surface area contributed by atoms with E-state index in [-0.39, 0.29) is 0 Å². The van der Waals surface area contributed by atoms with Crippen molar-refractivity contribution >= 4 is 28.9 Å². The Hall–Kier alpha value is -0.510. The summed E-state index contributed by atoms with van der Waals surface area (Å²) in [6, 6.07) is 0.399. The van der Waals surface area contributed by atoms with E-state index >= 15 is 0 Å². The number of halogens is 2. The molecule has 82 valence electrons. The van der Waals surface area contributed by atoms with Gasteiger partial charge in [0.05, 0.1) is 15.7 Å². The molecule has 2 rings (SSSR count). The van der Waals surface area contributed by atoms with Crippen molar-refractivity contribution in [3.05, 3.63) is 22.4 Å². The molecule has 1 saturated heterocycles. The second-order valence-corrected chi connectivity index (χ2v) is 4.48.